The Bertz CT molecular complexity index is 545. The molecule has 122 valence electrons. The van der Waals surface area contributed by atoms with Crippen LogP contribution in [-0.2, 0) is 9.53 Å². The second-order valence-electron chi connectivity index (χ2n) is 9.54. The van der Waals surface area contributed by atoms with Gasteiger partial charge in [-0.15, -0.1) is 0 Å². The van der Waals surface area contributed by atoms with E-state index < -0.39 is 6.10 Å². The second-order valence-corrected chi connectivity index (χ2v) is 9.54. The fourth-order valence-corrected chi connectivity index (χ4v) is 8.06. The van der Waals surface area contributed by atoms with E-state index in [4.69, 9.17) is 4.74 Å². The summed E-state index contributed by atoms with van der Waals surface area (Å²) in [7, 11) is 0. The smallest absolute Gasteiger partial charge is 0.312 e. The number of rotatable bonds is 0. The van der Waals surface area contributed by atoms with Crippen LogP contribution in [0.15, 0.2) is 0 Å². The Balaban J connectivity index is 1.69. The van der Waals surface area contributed by atoms with Gasteiger partial charge < -0.3 is 9.84 Å². The van der Waals surface area contributed by atoms with Gasteiger partial charge in [0.1, 0.15) is 6.10 Å². The highest BCUT2D eigenvalue weighted by Crippen LogP contribution is 2.73. The normalized spacial score (nSPS) is 62.3. The molecule has 0 unspecified atom stereocenters. The maximum absolute atomic E-state index is 12.6. The van der Waals surface area contributed by atoms with Crippen molar-refractivity contribution in [2.24, 2.45) is 34.0 Å². The van der Waals surface area contributed by atoms with Crippen molar-refractivity contribution in [2.75, 3.05) is 0 Å². The molecule has 0 amide bonds. The Labute approximate surface area is 132 Å². The predicted molar refractivity (Wildman–Crippen MR) is 81.9 cm³/mol. The molecule has 4 saturated carbocycles. The van der Waals surface area contributed by atoms with Gasteiger partial charge in [-0.3, -0.25) is 4.79 Å². The number of hydrogen-bond donors (Lipinski definition) is 1. The van der Waals surface area contributed by atoms with Crippen LogP contribution in [0.3, 0.4) is 0 Å². The van der Waals surface area contributed by atoms with Crippen LogP contribution < -0.4 is 0 Å². The molecule has 5 fully saturated rings. The summed E-state index contributed by atoms with van der Waals surface area (Å²) >= 11 is 0. The lowest BCUT2D eigenvalue weighted by atomic mass is 9.40. The fraction of sp³-hybridized carbons (Fsp3) is 0.947. The van der Waals surface area contributed by atoms with Crippen LogP contribution in [0.2, 0.25) is 0 Å². The maximum atomic E-state index is 12.6. The van der Waals surface area contributed by atoms with Crippen molar-refractivity contribution in [3.63, 3.8) is 0 Å². The minimum absolute atomic E-state index is 0.0305. The molecule has 3 nitrogen and oxygen atoms in total. The van der Waals surface area contributed by atoms with Crippen LogP contribution >= 0.6 is 0 Å². The monoisotopic (exact) mass is 304 g/mol. The third-order valence-electron chi connectivity index (χ3n) is 8.79. The van der Waals surface area contributed by atoms with E-state index in [1.165, 1.54) is 32.1 Å². The van der Waals surface area contributed by atoms with Gasteiger partial charge in [0.2, 0.25) is 0 Å². The zero-order chi connectivity index (χ0) is 15.3. The molecule has 1 aliphatic heterocycles. The Morgan fingerprint density at radius 2 is 1.95 bits per heavy atom. The zero-order valence-electron chi connectivity index (χ0n) is 13.8. The fourth-order valence-electron chi connectivity index (χ4n) is 8.06. The molecule has 0 aromatic rings. The van der Waals surface area contributed by atoms with Crippen molar-refractivity contribution in [1.29, 1.82) is 0 Å². The SMILES string of the molecule is C[C@@]12CCC[C@@]3(C)C(=O)O[C@H]([C@H]13)[C@H](O)[C@]13CC[C@H](CC[C@@H]21)C3. The van der Waals surface area contributed by atoms with Gasteiger partial charge in [-0.2, -0.15) is 0 Å². The summed E-state index contributed by atoms with van der Waals surface area (Å²) in [6.07, 6.45) is 8.80. The topological polar surface area (TPSA) is 46.5 Å². The number of aliphatic hydroxyl groups is 1. The average Bonchev–Trinajstić information content (AvgIpc) is 2.94. The minimum Gasteiger partial charge on any atom is -0.459 e. The van der Waals surface area contributed by atoms with E-state index >= 15 is 0 Å². The van der Waals surface area contributed by atoms with Gasteiger partial charge in [0.05, 0.1) is 11.5 Å². The molecule has 5 rings (SSSR count). The molecule has 22 heavy (non-hydrogen) atoms. The van der Waals surface area contributed by atoms with Crippen LogP contribution in [0.1, 0.15) is 65.2 Å². The van der Waals surface area contributed by atoms with Crippen molar-refractivity contribution >= 4 is 5.97 Å². The standard InChI is InChI=1S/C19H28O3/c1-17-7-3-8-18(2)14(17)13(22-16(18)21)15(20)19-9-6-11(10-19)4-5-12(17)19/h11-15,20H,3-10H2,1-2H3/t11-,12-,13+,14+,15-,17-,18+,19-/m0/s1. The highest BCUT2D eigenvalue weighted by molar-refractivity contribution is 5.80. The first kappa shape index (κ1) is 13.8. The maximum Gasteiger partial charge on any atom is 0.312 e. The van der Waals surface area contributed by atoms with Crippen LogP contribution in [0.5, 0.6) is 0 Å². The van der Waals surface area contributed by atoms with Gasteiger partial charge in [0.25, 0.3) is 0 Å². The molecular weight excluding hydrogens is 276 g/mol. The van der Waals surface area contributed by atoms with Crippen molar-refractivity contribution in [1.82, 2.24) is 0 Å². The minimum atomic E-state index is -0.426. The van der Waals surface area contributed by atoms with E-state index in [-0.39, 0.29) is 34.2 Å². The van der Waals surface area contributed by atoms with Crippen LogP contribution in [0.25, 0.3) is 0 Å². The Hall–Kier alpha value is -0.570. The summed E-state index contributed by atoms with van der Waals surface area (Å²) < 4.78 is 5.87. The summed E-state index contributed by atoms with van der Waals surface area (Å²) in [4.78, 5) is 12.6. The number of hydrogen-bond acceptors (Lipinski definition) is 3. The lowest BCUT2D eigenvalue weighted by molar-refractivity contribution is -0.220. The predicted octanol–water partition coefficient (Wildman–Crippen LogP) is 3.30. The van der Waals surface area contributed by atoms with E-state index in [0.29, 0.717) is 5.92 Å². The first-order chi connectivity index (χ1) is 10.4. The highest BCUT2D eigenvalue weighted by atomic mass is 16.6. The molecule has 5 aliphatic rings. The molecule has 8 atom stereocenters. The molecule has 2 bridgehead atoms. The van der Waals surface area contributed by atoms with E-state index in [1.54, 1.807) is 0 Å². The van der Waals surface area contributed by atoms with Gasteiger partial charge in [-0.25, -0.2) is 0 Å². The summed E-state index contributed by atoms with van der Waals surface area (Å²) in [6, 6.07) is 0. The number of fused-ring (bicyclic) bond motifs is 2. The van der Waals surface area contributed by atoms with Gasteiger partial charge in [-0.05, 0) is 62.7 Å². The zero-order valence-corrected chi connectivity index (χ0v) is 13.8. The third-order valence-corrected chi connectivity index (χ3v) is 8.79. The van der Waals surface area contributed by atoms with Crippen LogP contribution in [-0.4, -0.2) is 23.3 Å². The quantitative estimate of drug-likeness (QED) is 0.699. The van der Waals surface area contributed by atoms with E-state index in [1.807, 2.05) is 0 Å². The molecule has 1 N–H and O–H groups in total. The van der Waals surface area contributed by atoms with Crippen LogP contribution in [0, 0.1) is 34.0 Å². The Morgan fingerprint density at radius 1 is 1.14 bits per heavy atom. The number of carbonyl (C=O) groups excluding carboxylic acids is 1. The van der Waals surface area contributed by atoms with Gasteiger partial charge >= 0.3 is 5.97 Å². The lowest BCUT2D eigenvalue weighted by Crippen LogP contribution is -2.65. The Morgan fingerprint density at radius 3 is 2.77 bits per heavy atom. The van der Waals surface area contributed by atoms with Crippen molar-refractivity contribution < 1.29 is 14.6 Å². The number of esters is 1. The van der Waals surface area contributed by atoms with Gasteiger partial charge in [0, 0.05) is 11.3 Å². The lowest BCUT2D eigenvalue weighted by Gasteiger charge is -2.64. The summed E-state index contributed by atoms with van der Waals surface area (Å²) in [5, 5.41) is 11.3. The van der Waals surface area contributed by atoms with E-state index in [2.05, 4.69) is 13.8 Å². The summed E-state index contributed by atoms with van der Waals surface area (Å²) in [6.45, 7) is 4.55. The van der Waals surface area contributed by atoms with Crippen molar-refractivity contribution in [2.45, 2.75) is 77.4 Å². The molecule has 0 aromatic carbocycles. The first-order valence-electron chi connectivity index (χ1n) is 9.31. The van der Waals surface area contributed by atoms with Gasteiger partial charge in [-0.1, -0.05) is 19.8 Å². The van der Waals surface area contributed by atoms with Gasteiger partial charge in [0.15, 0.2) is 0 Å². The molecule has 4 aliphatic carbocycles. The van der Waals surface area contributed by atoms with Crippen LogP contribution in [0.4, 0.5) is 0 Å². The molecule has 1 spiro atoms. The van der Waals surface area contributed by atoms with Crippen molar-refractivity contribution in [3.8, 4) is 0 Å². The first-order valence-corrected chi connectivity index (χ1v) is 9.31. The molecule has 1 saturated heterocycles. The number of carbonyl (C=O) groups is 1. The largest absolute Gasteiger partial charge is 0.459 e. The summed E-state index contributed by atoms with van der Waals surface area (Å²) in [5.74, 6) is 1.59. The molecule has 0 aromatic heterocycles. The summed E-state index contributed by atoms with van der Waals surface area (Å²) in [5.41, 5.74) is -0.129. The number of aliphatic hydroxyl groups excluding tert-OH is 1. The molecule has 1 heterocycles. The Kier molecular flexibility index (Phi) is 2.46. The van der Waals surface area contributed by atoms with Crippen molar-refractivity contribution in [3.05, 3.63) is 0 Å². The molecule has 3 heteroatoms. The van der Waals surface area contributed by atoms with E-state index in [9.17, 15) is 9.90 Å². The molecule has 0 radical (unpaired) electrons. The second kappa shape index (κ2) is 3.91. The van der Waals surface area contributed by atoms with E-state index in [0.717, 1.165) is 25.2 Å². The molecular formula is C19H28O3. The average molecular weight is 304 g/mol. The number of ether oxygens (including phenoxy) is 1. The highest BCUT2D eigenvalue weighted by Gasteiger charge is 2.74. The third kappa shape index (κ3) is 1.29.